The molecule has 1 heterocycles. The minimum atomic E-state index is -4.54. The number of hydrogen-bond donors (Lipinski definition) is 3. The summed E-state index contributed by atoms with van der Waals surface area (Å²) < 4.78 is 44.2. The lowest BCUT2D eigenvalue weighted by Crippen LogP contribution is -2.39. The van der Waals surface area contributed by atoms with Crippen molar-refractivity contribution in [2.24, 2.45) is 0 Å². The molecule has 1 unspecified atom stereocenters. The maximum absolute atomic E-state index is 12.9. The van der Waals surface area contributed by atoms with Crippen LogP contribution in [-0.2, 0) is 15.8 Å². The van der Waals surface area contributed by atoms with Crippen molar-refractivity contribution in [1.82, 2.24) is 0 Å². The van der Waals surface area contributed by atoms with Gasteiger partial charge in [-0.1, -0.05) is 24.3 Å². The molecule has 0 aliphatic carbocycles. The second kappa shape index (κ2) is 9.26. The van der Waals surface area contributed by atoms with Gasteiger partial charge in [-0.05, 0) is 48.5 Å². The first-order valence-corrected chi connectivity index (χ1v) is 10.1. The van der Waals surface area contributed by atoms with Gasteiger partial charge in [-0.15, -0.1) is 0 Å². The molecule has 0 spiro atoms. The molecule has 3 aromatic rings. The van der Waals surface area contributed by atoms with Crippen LogP contribution in [0.2, 0.25) is 0 Å². The zero-order valence-corrected chi connectivity index (χ0v) is 17.5. The minimum Gasteiger partial charge on any atom is -0.478 e. The van der Waals surface area contributed by atoms with E-state index in [1.807, 2.05) is 0 Å². The summed E-state index contributed by atoms with van der Waals surface area (Å²) in [4.78, 5) is 37.2. The summed E-state index contributed by atoms with van der Waals surface area (Å²) in [6, 6.07) is 17.0. The van der Waals surface area contributed by atoms with Crippen molar-refractivity contribution in [3.63, 3.8) is 0 Å². The minimum absolute atomic E-state index is 0.0185. The number of ether oxygens (including phenoxy) is 1. The lowest BCUT2D eigenvalue weighted by Gasteiger charge is -2.25. The molecule has 1 aliphatic heterocycles. The highest BCUT2D eigenvalue weighted by Gasteiger charge is 2.31. The Bertz CT molecular complexity index is 1260. The Morgan fingerprint density at radius 1 is 0.912 bits per heavy atom. The van der Waals surface area contributed by atoms with Crippen LogP contribution in [0.15, 0.2) is 72.8 Å². The van der Waals surface area contributed by atoms with E-state index in [-0.39, 0.29) is 23.4 Å². The standard InChI is InChI=1S/C24H18F3N3O4/c25-24(26,27)15-6-4-8-17(12-15)29-22(32)14-5-3-7-16(11-14)28-21(31)13-20-23(33)30-18-9-1-2-10-19(18)34-20/h1-12,20H,13H2,(H,28,31)(H,29,32)(H,30,33). The molecule has 1 aliphatic rings. The number of carbonyl (C=O) groups excluding carboxylic acids is 3. The van der Waals surface area contributed by atoms with E-state index < -0.39 is 35.6 Å². The fourth-order valence-electron chi connectivity index (χ4n) is 3.32. The van der Waals surface area contributed by atoms with Crippen LogP contribution in [0.5, 0.6) is 5.75 Å². The molecule has 34 heavy (non-hydrogen) atoms. The molecule has 0 saturated heterocycles. The molecule has 3 amide bonds. The molecular weight excluding hydrogens is 451 g/mol. The van der Waals surface area contributed by atoms with Crippen LogP contribution >= 0.6 is 0 Å². The van der Waals surface area contributed by atoms with Gasteiger partial charge in [-0.3, -0.25) is 14.4 Å². The molecule has 0 radical (unpaired) electrons. The lowest BCUT2D eigenvalue weighted by atomic mass is 10.1. The van der Waals surface area contributed by atoms with Crippen LogP contribution in [0.1, 0.15) is 22.3 Å². The quantitative estimate of drug-likeness (QED) is 0.505. The monoisotopic (exact) mass is 469 g/mol. The molecule has 3 N–H and O–H groups in total. The summed E-state index contributed by atoms with van der Waals surface area (Å²) in [7, 11) is 0. The molecule has 10 heteroatoms. The van der Waals surface area contributed by atoms with E-state index in [9.17, 15) is 27.6 Å². The predicted octanol–water partition coefficient (Wildman–Crippen LogP) is 4.69. The Kier molecular flexibility index (Phi) is 6.22. The second-order valence-corrected chi connectivity index (χ2v) is 7.46. The van der Waals surface area contributed by atoms with Crippen molar-refractivity contribution >= 4 is 34.8 Å². The molecule has 0 fully saturated rings. The highest BCUT2D eigenvalue weighted by Crippen LogP contribution is 2.31. The molecule has 0 bridgehead atoms. The van der Waals surface area contributed by atoms with E-state index >= 15 is 0 Å². The number of carbonyl (C=O) groups is 3. The van der Waals surface area contributed by atoms with Gasteiger partial charge in [-0.2, -0.15) is 13.2 Å². The van der Waals surface area contributed by atoms with E-state index in [1.165, 1.54) is 36.4 Å². The third-order valence-electron chi connectivity index (χ3n) is 4.93. The average molecular weight is 469 g/mol. The van der Waals surface area contributed by atoms with Crippen LogP contribution in [0, 0.1) is 0 Å². The Morgan fingerprint density at radius 3 is 2.38 bits per heavy atom. The third kappa shape index (κ3) is 5.34. The number of halogens is 3. The Labute approximate surface area is 191 Å². The number of amides is 3. The van der Waals surface area contributed by atoms with Gasteiger partial charge >= 0.3 is 6.18 Å². The fraction of sp³-hybridized carbons (Fsp3) is 0.125. The molecule has 4 rings (SSSR count). The number of benzene rings is 3. The van der Waals surface area contributed by atoms with Gasteiger partial charge in [0.05, 0.1) is 17.7 Å². The molecule has 3 aromatic carbocycles. The van der Waals surface area contributed by atoms with Crippen LogP contribution < -0.4 is 20.7 Å². The third-order valence-corrected chi connectivity index (χ3v) is 4.93. The maximum atomic E-state index is 12.9. The highest BCUT2D eigenvalue weighted by molar-refractivity contribution is 6.06. The molecule has 7 nitrogen and oxygen atoms in total. The first-order chi connectivity index (χ1) is 16.2. The number of hydrogen-bond acceptors (Lipinski definition) is 4. The van der Waals surface area contributed by atoms with E-state index in [0.717, 1.165) is 12.1 Å². The molecule has 1 atom stereocenters. The summed E-state index contributed by atoms with van der Waals surface area (Å²) >= 11 is 0. The van der Waals surface area contributed by atoms with Crippen LogP contribution in [-0.4, -0.2) is 23.8 Å². The topological polar surface area (TPSA) is 96.5 Å². The summed E-state index contributed by atoms with van der Waals surface area (Å²) in [6.07, 6.45) is -5.82. The zero-order valence-electron chi connectivity index (χ0n) is 17.5. The van der Waals surface area contributed by atoms with E-state index in [1.54, 1.807) is 24.3 Å². The smallest absolute Gasteiger partial charge is 0.416 e. The van der Waals surface area contributed by atoms with Crippen LogP contribution in [0.3, 0.4) is 0 Å². The van der Waals surface area contributed by atoms with Crippen molar-refractivity contribution < 1.29 is 32.3 Å². The van der Waals surface area contributed by atoms with E-state index in [2.05, 4.69) is 16.0 Å². The molecule has 0 aromatic heterocycles. The number of rotatable bonds is 5. The summed E-state index contributed by atoms with van der Waals surface area (Å²) in [5.41, 5.74) is 0.00987. The van der Waals surface area contributed by atoms with Gasteiger partial charge in [0.2, 0.25) is 5.91 Å². The zero-order chi connectivity index (χ0) is 24.3. The Balaban J connectivity index is 1.39. The summed E-state index contributed by atoms with van der Waals surface area (Å²) in [6.45, 7) is 0. The fourth-order valence-corrected chi connectivity index (χ4v) is 3.32. The Morgan fingerprint density at radius 2 is 1.62 bits per heavy atom. The van der Waals surface area contributed by atoms with Crippen LogP contribution in [0.4, 0.5) is 30.2 Å². The van der Waals surface area contributed by atoms with E-state index in [4.69, 9.17) is 4.74 Å². The van der Waals surface area contributed by atoms with Gasteiger partial charge in [0.1, 0.15) is 5.75 Å². The molecule has 0 saturated carbocycles. The first-order valence-electron chi connectivity index (χ1n) is 10.1. The van der Waals surface area contributed by atoms with Crippen molar-refractivity contribution in [2.75, 3.05) is 16.0 Å². The second-order valence-electron chi connectivity index (χ2n) is 7.46. The first kappa shape index (κ1) is 22.8. The van der Waals surface area contributed by atoms with Gasteiger partial charge in [0.25, 0.3) is 11.8 Å². The van der Waals surface area contributed by atoms with Gasteiger partial charge in [0, 0.05) is 16.9 Å². The van der Waals surface area contributed by atoms with Gasteiger partial charge in [-0.25, -0.2) is 0 Å². The number of nitrogens with one attached hydrogen (secondary N) is 3. The summed E-state index contributed by atoms with van der Waals surface area (Å²) in [5.74, 6) is -1.17. The number of anilines is 3. The lowest BCUT2D eigenvalue weighted by molar-refractivity contribution is -0.137. The van der Waals surface area contributed by atoms with Crippen molar-refractivity contribution in [3.8, 4) is 5.75 Å². The number of alkyl halides is 3. The Hall–Kier alpha value is -4.34. The predicted molar refractivity (Wildman–Crippen MR) is 119 cm³/mol. The number of para-hydroxylation sites is 2. The highest BCUT2D eigenvalue weighted by atomic mass is 19.4. The van der Waals surface area contributed by atoms with E-state index in [0.29, 0.717) is 11.4 Å². The number of fused-ring (bicyclic) bond motifs is 1. The molecule has 174 valence electrons. The maximum Gasteiger partial charge on any atom is 0.416 e. The average Bonchev–Trinajstić information content (AvgIpc) is 2.79. The van der Waals surface area contributed by atoms with Crippen LogP contribution in [0.25, 0.3) is 0 Å². The normalized spacial score (nSPS) is 14.9. The van der Waals surface area contributed by atoms with Crippen molar-refractivity contribution in [3.05, 3.63) is 83.9 Å². The van der Waals surface area contributed by atoms with Gasteiger partial charge < -0.3 is 20.7 Å². The molecular formula is C24H18F3N3O4. The van der Waals surface area contributed by atoms with Gasteiger partial charge in [0.15, 0.2) is 6.10 Å². The summed E-state index contributed by atoms with van der Waals surface area (Å²) in [5, 5.41) is 7.67. The largest absolute Gasteiger partial charge is 0.478 e. The van der Waals surface area contributed by atoms with Crippen molar-refractivity contribution in [1.29, 1.82) is 0 Å². The van der Waals surface area contributed by atoms with Crippen molar-refractivity contribution in [2.45, 2.75) is 18.7 Å². The SMILES string of the molecule is O=C(CC1Oc2ccccc2NC1=O)Nc1cccc(C(=O)Nc2cccc(C(F)(F)F)c2)c1.